The highest BCUT2D eigenvalue weighted by atomic mass is 16.5. The van der Waals surface area contributed by atoms with Crippen molar-refractivity contribution in [3.05, 3.63) is 48.1 Å². The van der Waals surface area contributed by atoms with Crippen molar-refractivity contribution in [2.24, 2.45) is 0 Å². The molecule has 0 aliphatic carbocycles. The third-order valence-electron chi connectivity index (χ3n) is 4.27. The van der Waals surface area contributed by atoms with Crippen molar-refractivity contribution in [3.8, 4) is 5.75 Å². The minimum absolute atomic E-state index is 0.106. The quantitative estimate of drug-likeness (QED) is 0.644. The molecule has 1 aliphatic heterocycles. The summed E-state index contributed by atoms with van der Waals surface area (Å²) < 4.78 is 5.26. The monoisotopic (exact) mass is 356 g/mol. The zero-order valence-electron chi connectivity index (χ0n) is 14.4. The minimum Gasteiger partial charge on any atom is -0.507 e. The maximum atomic E-state index is 13.1. The summed E-state index contributed by atoms with van der Waals surface area (Å²) in [5.41, 5.74) is 0.508. The van der Waals surface area contributed by atoms with Crippen LogP contribution in [0.15, 0.2) is 35.4 Å². The van der Waals surface area contributed by atoms with Crippen LogP contribution in [0.3, 0.4) is 0 Å². The molecule has 2 heterocycles. The summed E-state index contributed by atoms with van der Waals surface area (Å²) in [6.07, 6.45) is 3.63. The van der Waals surface area contributed by atoms with Crippen molar-refractivity contribution in [1.29, 1.82) is 0 Å². The van der Waals surface area contributed by atoms with E-state index in [1.165, 1.54) is 18.2 Å². The number of nitrogens with one attached hydrogen (secondary N) is 1. The van der Waals surface area contributed by atoms with E-state index in [1.54, 1.807) is 11.8 Å². The summed E-state index contributed by atoms with van der Waals surface area (Å²) >= 11 is 0. The molecule has 0 spiro atoms. The van der Waals surface area contributed by atoms with Gasteiger partial charge in [0.05, 0.1) is 5.56 Å². The Balaban J connectivity index is 1.90. The number of phenols is 1. The fourth-order valence-corrected chi connectivity index (χ4v) is 3.01. The molecule has 8 nitrogen and oxygen atoms in total. The Hall–Kier alpha value is -3.16. The Morgan fingerprint density at radius 1 is 1.42 bits per heavy atom. The van der Waals surface area contributed by atoms with Crippen LogP contribution in [0.5, 0.6) is 5.75 Å². The summed E-state index contributed by atoms with van der Waals surface area (Å²) in [5, 5.41) is 16.5. The molecule has 2 N–H and O–H groups in total. The fraction of sp³-hybridized carbons (Fsp3) is 0.333. The van der Waals surface area contributed by atoms with Crippen LogP contribution in [0.25, 0.3) is 0 Å². The maximum Gasteiger partial charge on any atom is 0.258 e. The van der Waals surface area contributed by atoms with Crippen molar-refractivity contribution < 1.29 is 19.2 Å². The van der Waals surface area contributed by atoms with Gasteiger partial charge in [0.15, 0.2) is 5.82 Å². The van der Waals surface area contributed by atoms with E-state index in [4.69, 9.17) is 4.52 Å². The lowest BCUT2D eigenvalue weighted by atomic mass is 10.00. The van der Waals surface area contributed by atoms with Crippen molar-refractivity contribution in [2.75, 3.05) is 11.9 Å². The lowest BCUT2D eigenvalue weighted by Crippen LogP contribution is -2.38. The molecular formula is C18H20N4O4. The Morgan fingerprint density at radius 2 is 2.23 bits per heavy atom. The summed E-state index contributed by atoms with van der Waals surface area (Å²) in [5.74, 6) is 0.00257. The Bertz CT molecular complexity index is 845. The van der Waals surface area contributed by atoms with Gasteiger partial charge in [0, 0.05) is 12.2 Å². The Kier molecular flexibility index (Phi) is 5.01. The van der Waals surface area contributed by atoms with Crippen molar-refractivity contribution in [2.45, 2.75) is 32.2 Å². The van der Waals surface area contributed by atoms with E-state index in [0.29, 0.717) is 30.4 Å². The summed E-state index contributed by atoms with van der Waals surface area (Å²) in [6.45, 7) is 5.63. The van der Waals surface area contributed by atoms with E-state index in [2.05, 4.69) is 22.0 Å². The number of hydrogen-bond donors (Lipinski definition) is 2. The lowest BCUT2D eigenvalue weighted by molar-refractivity contribution is -0.111. The summed E-state index contributed by atoms with van der Waals surface area (Å²) in [7, 11) is 0. The van der Waals surface area contributed by atoms with Gasteiger partial charge in [0.2, 0.25) is 11.8 Å². The van der Waals surface area contributed by atoms with Crippen LogP contribution in [0.1, 0.15) is 47.4 Å². The molecule has 1 aromatic carbocycles. The van der Waals surface area contributed by atoms with Crippen LogP contribution in [-0.2, 0) is 4.79 Å². The number of likely N-dealkylation sites (tertiary alicyclic amines) is 1. The zero-order valence-corrected chi connectivity index (χ0v) is 14.4. The maximum absolute atomic E-state index is 13.1. The first kappa shape index (κ1) is 17.7. The van der Waals surface area contributed by atoms with E-state index in [9.17, 15) is 14.7 Å². The van der Waals surface area contributed by atoms with Gasteiger partial charge in [0.1, 0.15) is 11.8 Å². The highest BCUT2D eigenvalue weighted by Gasteiger charge is 2.33. The molecule has 0 radical (unpaired) electrons. The largest absolute Gasteiger partial charge is 0.507 e. The minimum atomic E-state index is -0.397. The number of piperidine rings is 1. The number of aromatic nitrogens is 2. The van der Waals surface area contributed by atoms with Crippen LogP contribution in [0.4, 0.5) is 5.69 Å². The van der Waals surface area contributed by atoms with E-state index < -0.39 is 5.91 Å². The van der Waals surface area contributed by atoms with Gasteiger partial charge >= 0.3 is 0 Å². The number of hydrogen-bond acceptors (Lipinski definition) is 6. The number of anilines is 1. The zero-order chi connectivity index (χ0) is 18.7. The van der Waals surface area contributed by atoms with Gasteiger partial charge in [-0.05, 0) is 50.5 Å². The molecule has 2 aromatic rings. The van der Waals surface area contributed by atoms with Crippen LogP contribution in [0.2, 0.25) is 0 Å². The molecular weight excluding hydrogens is 336 g/mol. The number of aromatic hydroxyl groups is 1. The molecule has 1 unspecified atom stereocenters. The predicted molar refractivity (Wildman–Crippen MR) is 93.6 cm³/mol. The predicted octanol–water partition coefficient (Wildman–Crippen LogP) is 2.58. The van der Waals surface area contributed by atoms with Gasteiger partial charge in [-0.25, -0.2) is 0 Å². The second-order valence-corrected chi connectivity index (χ2v) is 6.12. The molecule has 2 amide bonds. The average Bonchev–Trinajstić information content (AvgIpc) is 3.09. The highest BCUT2D eigenvalue weighted by molar-refractivity contribution is 6.02. The number of carbonyl (C=O) groups excluding carboxylic acids is 2. The number of nitrogens with zero attached hydrogens (tertiary/aromatic N) is 3. The van der Waals surface area contributed by atoms with Gasteiger partial charge in [-0.2, -0.15) is 4.98 Å². The fourth-order valence-electron chi connectivity index (χ4n) is 3.01. The molecule has 136 valence electrons. The van der Waals surface area contributed by atoms with Crippen LogP contribution >= 0.6 is 0 Å². The second-order valence-electron chi connectivity index (χ2n) is 6.12. The molecule has 26 heavy (non-hydrogen) atoms. The van der Waals surface area contributed by atoms with Gasteiger partial charge in [-0.3, -0.25) is 9.59 Å². The molecule has 3 rings (SSSR count). The smallest absolute Gasteiger partial charge is 0.258 e. The van der Waals surface area contributed by atoms with E-state index >= 15 is 0 Å². The number of carbonyl (C=O) groups is 2. The standard InChI is InChI=1S/C18H20N4O4/c1-3-16(24)20-12-7-8-15(23)13(10-12)18(25)22-9-5-4-6-14(22)17-19-11(2)21-26-17/h3,7-8,10,14,23H,1,4-6,9H2,2H3,(H,20,24). The van der Waals surface area contributed by atoms with E-state index in [1.807, 2.05) is 0 Å². The van der Waals surface area contributed by atoms with Gasteiger partial charge in [-0.15, -0.1) is 0 Å². The van der Waals surface area contributed by atoms with Crippen LogP contribution < -0.4 is 5.32 Å². The Labute approximate surface area is 150 Å². The highest BCUT2D eigenvalue weighted by Crippen LogP contribution is 2.33. The third kappa shape index (κ3) is 3.58. The molecule has 8 heteroatoms. The van der Waals surface area contributed by atoms with Crippen molar-refractivity contribution >= 4 is 17.5 Å². The van der Waals surface area contributed by atoms with Gasteiger partial charge < -0.3 is 19.8 Å². The summed E-state index contributed by atoms with van der Waals surface area (Å²) in [4.78, 5) is 30.4. The topological polar surface area (TPSA) is 109 Å². The van der Waals surface area contributed by atoms with Crippen LogP contribution in [0, 0.1) is 6.92 Å². The number of rotatable bonds is 4. The first-order chi connectivity index (χ1) is 12.5. The number of aryl methyl sites for hydroxylation is 1. The molecule has 0 saturated carbocycles. The van der Waals surface area contributed by atoms with Gasteiger partial charge in [-0.1, -0.05) is 11.7 Å². The molecule has 1 aliphatic rings. The summed E-state index contributed by atoms with van der Waals surface area (Å²) in [6, 6.07) is 4.01. The first-order valence-corrected chi connectivity index (χ1v) is 8.37. The SMILES string of the molecule is C=CC(=O)Nc1ccc(O)c(C(=O)N2CCCCC2c2nc(C)no2)c1. The molecule has 1 atom stereocenters. The number of benzene rings is 1. The lowest BCUT2D eigenvalue weighted by Gasteiger charge is -2.33. The number of amides is 2. The number of phenolic OH excluding ortho intramolecular Hbond substituents is 1. The molecule has 1 saturated heterocycles. The van der Waals surface area contributed by atoms with E-state index in [0.717, 1.165) is 18.9 Å². The van der Waals surface area contributed by atoms with Crippen molar-refractivity contribution in [1.82, 2.24) is 15.0 Å². The first-order valence-electron chi connectivity index (χ1n) is 8.37. The normalized spacial score (nSPS) is 17.0. The molecule has 1 aromatic heterocycles. The van der Waals surface area contributed by atoms with E-state index in [-0.39, 0.29) is 23.3 Å². The van der Waals surface area contributed by atoms with Crippen LogP contribution in [-0.4, -0.2) is 38.5 Å². The average molecular weight is 356 g/mol. The Morgan fingerprint density at radius 3 is 2.92 bits per heavy atom. The van der Waals surface area contributed by atoms with Crippen molar-refractivity contribution in [3.63, 3.8) is 0 Å². The molecule has 0 bridgehead atoms. The molecule has 1 fully saturated rings. The second kappa shape index (κ2) is 7.38. The third-order valence-corrected chi connectivity index (χ3v) is 4.27. The van der Waals surface area contributed by atoms with Gasteiger partial charge in [0.25, 0.3) is 5.91 Å².